The third-order valence-electron chi connectivity index (χ3n) is 4.12. The highest BCUT2D eigenvalue weighted by Crippen LogP contribution is 2.32. The van der Waals surface area contributed by atoms with Crippen molar-refractivity contribution in [3.63, 3.8) is 0 Å². The summed E-state index contributed by atoms with van der Waals surface area (Å²) in [5.74, 6) is 6.71. The van der Waals surface area contributed by atoms with Crippen LogP contribution in [0.1, 0.15) is 43.0 Å². The average molecular weight is 279 g/mol. The minimum atomic E-state index is 0.116. The molecule has 0 aliphatic rings. The lowest BCUT2D eigenvalue weighted by Gasteiger charge is -2.24. The second-order valence-corrected chi connectivity index (χ2v) is 5.16. The summed E-state index contributed by atoms with van der Waals surface area (Å²) in [6.45, 7) is 11.7. The molecule has 114 valence electrons. The molecule has 20 heavy (non-hydrogen) atoms. The van der Waals surface area contributed by atoms with Crippen LogP contribution in [-0.2, 0) is 0 Å². The molecule has 0 aliphatic carbocycles. The fourth-order valence-corrected chi connectivity index (χ4v) is 2.54. The Morgan fingerprint density at radius 2 is 1.90 bits per heavy atom. The fraction of sp³-hybridized carbons (Fsp3) is 0.625. The van der Waals surface area contributed by atoms with Gasteiger partial charge in [0.25, 0.3) is 0 Å². The molecule has 0 fully saturated rings. The molecule has 0 aromatic heterocycles. The van der Waals surface area contributed by atoms with E-state index in [1.807, 2.05) is 0 Å². The number of rotatable bonds is 8. The van der Waals surface area contributed by atoms with Gasteiger partial charge in [-0.05, 0) is 51.0 Å². The SMILES string of the molecule is CCN(CC)CCC(NN)c1ccc(C)c(C)c1OC. The molecule has 0 amide bonds. The number of hydrogen-bond acceptors (Lipinski definition) is 4. The lowest BCUT2D eigenvalue weighted by molar-refractivity contribution is 0.280. The summed E-state index contributed by atoms with van der Waals surface area (Å²) in [6, 6.07) is 4.37. The van der Waals surface area contributed by atoms with Crippen LogP contribution in [0.5, 0.6) is 5.75 Å². The summed E-state index contributed by atoms with van der Waals surface area (Å²) in [7, 11) is 1.73. The van der Waals surface area contributed by atoms with E-state index in [1.54, 1.807) is 7.11 Å². The predicted molar refractivity (Wildman–Crippen MR) is 84.9 cm³/mol. The van der Waals surface area contributed by atoms with E-state index in [2.05, 4.69) is 50.2 Å². The molecule has 3 N–H and O–H groups in total. The van der Waals surface area contributed by atoms with Crippen molar-refractivity contribution in [1.29, 1.82) is 0 Å². The number of aryl methyl sites for hydroxylation is 1. The molecule has 1 unspecified atom stereocenters. The van der Waals surface area contributed by atoms with E-state index in [0.29, 0.717) is 0 Å². The Kier molecular flexibility index (Phi) is 6.99. The average Bonchev–Trinajstić information content (AvgIpc) is 2.47. The molecule has 1 atom stereocenters. The third kappa shape index (κ3) is 3.95. The molecule has 0 radical (unpaired) electrons. The van der Waals surface area contributed by atoms with Gasteiger partial charge in [-0.1, -0.05) is 26.0 Å². The predicted octanol–water partition coefficient (Wildman–Crippen LogP) is 2.55. The van der Waals surface area contributed by atoms with Gasteiger partial charge >= 0.3 is 0 Å². The van der Waals surface area contributed by atoms with Crippen molar-refractivity contribution in [3.8, 4) is 5.75 Å². The number of hydrogen-bond donors (Lipinski definition) is 2. The Labute approximate surface area is 123 Å². The second kappa shape index (κ2) is 8.25. The van der Waals surface area contributed by atoms with Gasteiger partial charge in [0.1, 0.15) is 5.75 Å². The maximum Gasteiger partial charge on any atom is 0.126 e. The van der Waals surface area contributed by atoms with E-state index < -0.39 is 0 Å². The highest BCUT2D eigenvalue weighted by molar-refractivity contribution is 5.46. The number of nitrogens with one attached hydrogen (secondary N) is 1. The van der Waals surface area contributed by atoms with Crippen LogP contribution in [0.3, 0.4) is 0 Å². The monoisotopic (exact) mass is 279 g/mol. The van der Waals surface area contributed by atoms with E-state index in [9.17, 15) is 0 Å². The second-order valence-electron chi connectivity index (χ2n) is 5.16. The summed E-state index contributed by atoms with van der Waals surface area (Å²) in [5.41, 5.74) is 6.51. The number of ether oxygens (including phenoxy) is 1. The van der Waals surface area contributed by atoms with Crippen molar-refractivity contribution < 1.29 is 4.74 Å². The fourth-order valence-electron chi connectivity index (χ4n) is 2.54. The maximum absolute atomic E-state index is 5.76. The van der Waals surface area contributed by atoms with Crippen LogP contribution < -0.4 is 16.0 Å². The van der Waals surface area contributed by atoms with Crippen molar-refractivity contribution in [2.24, 2.45) is 5.84 Å². The van der Waals surface area contributed by atoms with Gasteiger partial charge in [-0.2, -0.15) is 0 Å². The lowest BCUT2D eigenvalue weighted by Crippen LogP contribution is -2.33. The first-order valence-electron chi connectivity index (χ1n) is 7.41. The zero-order chi connectivity index (χ0) is 15.1. The standard InChI is InChI=1S/C16H29N3O/c1-6-19(7-2)11-10-15(18-17)14-9-8-12(3)13(4)16(14)20-5/h8-9,15,18H,6-7,10-11,17H2,1-5H3. The summed E-state index contributed by atoms with van der Waals surface area (Å²) in [6.07, 6.45) is 0.969. The van der Waals surface area contributed by atoms with E-state index in [0.717, 1.165) is 37.4 Å². The molecule has 0 aliphatic heterocycles. The number of nitrogens with two attached hydrogens (primary N) is 1. The number of nitrogens with zero attached hydrogens (tertiary/aromatic N) is 1. The molecule has 4 heteroatoms. The maximum atomic E-state index is 5.76. The Hall–Kier alpha value is -1.10. The van der Waals surface area contributed by atoms with Crippen LogP contribution in [0, 0.1) is 13.8 Å². The van der Waals surface area contributed by atoms with E-state index in [-0.39, 0.29) is 6.04 Å². The molecule has 0 spiro atoms. The smallest absolute Gasteiger partial charge is 0.126 e. The molecule has 4 nitrogen and oxygen atoms in total. The summed E-state index contributed by atoms with van der Waals surface area (Å²) in [4.78, 5) is 2.40. The van der Waals surface area contributed by atoms with Crippen molar-refractivity contribution >= 4 is 0 Å². The third-order valence-corrected chi connectivity index (χ3v) is 4.12. The number of hydrazine groups is 1. The Balaban J connectivity index is 2.92. The van der Waals surface area contributed by atoms with Crippen LogP contribution in [0.15, 0.2) is 12.1 Å². The zero-order valence-electron chi connectivity index (χ0n) is 13.5. The molecule has 0 heterocycles. The first-order chi connectivity index (χ1) is 9.58. The minimum absolute atomic E-state index is 0.116. The summed E-state index contributed by atoms with van der Waals surface area (Å²) in [5, 5.41) is 0. The highest BCUT2D eigenvalue weighted by Gasteiger charge is 2.18. The minimum Gasteiger partial charge on any atom is -0.496 e. The topological polar surface area (TPSA) is 50.5 Å². The van der Waals surface area contributed by atoms with Gasteiger partial charge in [0, 0.05) is 5.56 Å². The van der Waals surface area contributed by atoms with E-state index in [1.165, 1.54) is 11.1 Å². The summed E-state index contributed by atoms with van der Waals surface area (Å²) >= 11 is 0. The first kappa shape index (κ1) is 17.0. The largest absolute Gasteiger partial charge is 0.496 e. The molecular formula is C16H29N3O. The number of benzene rings is 1. The molecule has 0 bridgehead atoms. The van der Waals surface area contributed by atoms with Gasteiger partial charge in [-0.3, -0.25) is 11.3 Å². The summed E-state index contributed by atoms with van der Waals surface area (Å²) < 4.78 is 5.59. The number of methoxy groups -OCH3 is 1. The van der Waals surface area contributed by atoms with Crippen LogP contribution in [0.2, 0.25) is 0 Å². The zero-order valence-corrected chi connectivity index (χ0v) is 13.5. The van der Waals surface area contributed by atoms with Crippen LogP contribution in [0.25, 0.3) is 0 Å². The Bertz CT molecular complexity index is 416. The molecule has 0 saturated heterocycles. The quantitative estimate of drug-likeness (QED) is 0.567. The van der Waals surface area contributed by atoms with Crippen molar-refractivity contribution in [3.05, 3.63) is 28.8 Å². The molecule has 1 rings (SSSR count). The Morgan fingerprint density at radius 1 is 1.25 bits per heavy atom. The van der Waals surface area contributed by atoms with Gasteiger partial charge in [0.05, 0.1) is 13.2 Å². The van der Waals surface area contributed by atoms with E-state index in [4.69, 9.17) is 10.6 Å². The molecule has 1 aromatic rings. The van der Waals surface area contributed by atoms with Crippen LogP contribution in [-0.4, -0.2) is 31.6 Å². The lowest BCUT2D eigenvalue weighted by atomic mass is 9.97. The van der Waals surface area contributed by atoms with Crippen molar-refractivity contribution in [2.75, 3.05) is 26.7 Å². The normalized spacial score (nSPS) is 12.8. The van der Waals surface area contributed by atoms with Gasteiger partial charge in [0.2, 0.25) is 0 Å². The van der Waals surface area contributed by atoms with Gasteiger partial charge in [0.15, 0.2) is 0 Å². The molecule has 1 aromatic carbocycles. The highest BCUT2D eigenvalue weighted by atomic mass is 16.5. The molecule has 0 saturated carbocycles. The van der Waals surface area contributed by atoms with Crippen molar-refractivity contribution in [1.82, 2.24) is 10.3 Å². The molecular weight excluding hydrogens is 250 g/mol. The Morgan fingerprint density at radius 3 is 2.40 bits per heavy atom. The van der Waals surface area contributed by atoms with Crippen LogP contribution >= 0.6 is 0 Å². The first-order valence-corrected chi connectivity index (χ1v) is 7.41. The van der Waals surface area contributed by atoms with Gasteiger partial charge in [-0.25, -0.2) is 0 Å². The van der Waals surface area contributed by atoms with Gasteiger partial charge in [-0.15, -0.1) is 0 Å². The van der Waals surface area contributed by atoms with Gasteiger partial charge < -0.3 is 9.64 Å². The van der Waals surface area contributed by atoms with Crippen molar-refractivity contribution in [2.45, 2.75) is 40.2 Å². The van der Waals surface area contributed by atoms with Crippen LogP contribution in [0.4, 0.5) is 0 Å². The van der Waals surface area contributed by atoms with E-state index >= 15 is 0 Å².